The summed E-state index contributed by atoms with van der Waals surface area (Å²) in [6.07, 6.45) is 2.41. The van der Waals surface area contributed by atoms with Crippen molar-refractivity contribution in [2.24, 2.45) is 5.92 Å². The number of hydrogen-bond donors (Lipinski definition) is 1. The van der Waals surface area contributed by atoms with E-state index in [0.29, 0.717) is 18.9 Å². The van der Waals surface area contributed by atoms with Gasteiger partial charge in [0.2, 0.25) is 17.6 Å². The molecule has 0 unspecified atom stereocenters. The summed E-state index contributed by atoms with van der Waals surface area (Å²) >= 11 is 0. The van der Waals surface area contributed by atoms with E-state index in [9.17, 15) is 14.9 Å². The van der Waals surface area contributed by atoms with E-state index in [1.165, 1.54) is 0 Å². The maximum atomic E-state index is 13.1. The topological polar surface area (TPSA) is 122 Å². The number of aromatic nitrogens is 4. The van der Waals surface area contributed by atoms with E-state index >= 15 is 0 Å². The van der Waals surface area contributed by atoms with Crippen molar-refractivity contribution in [3.8, 4) is 17.5 Å². The molecule has 1 N–H and O–H groups in total. The first-order chi connectivity index (χ1) is 15.1. The van der Waals surface area contributed by atoms with Crippen molar-refractivity contribution in [2.45, 2.75) is 44.3 Å². The van der Waals surface area contributed by atoms with Crippen molar-refractivity contribution in [1.29, 1.82) is 5.26 Å². The third-order valence-electron chi connectivity index (χ3n) is 6.63. The van der Waals surface area contributed by atoms with Crippen molar-refractivity contribution in [3.63, 3.8) is 0 Å². The molecule has 10 nitrogen and oxygen atoms in total. The summed E-state index contributed by atoms with van der Waals surface area (Å²) in [7, 11) is 0. The fourth-order valence-corrected chi connectivity index (χ4v) is 5.14. The zero-order valence-corrected chi connectivity index (χ0v) is 17.3. The lowest BCUT2D eigenvalue weighted by atomic mass is 10.1. The molecule has 4 atom stereocenters. The van der Waals surface area contributed by atoms with Crippen molar-refractivity contribution in [2.75, 3.05) is 24.5 Å². The lowest BCUT2D eigenvalue weighted by Gasteiger charge is -2.35. The monoisotopic (exact) mass is 420 g/mol. The van der Waals surface area contributed by atoms with E-state index in [2.05, 4.69) is 31.6 Å². The minimum Gasteiger partial charge on any atom is -0.326 e. The number of piperazine rings is 1. The number of likely N-dealkylation sites (tertiary alicyclic amines) is 2. The van der Waals surface area contributed by atoms with Crippen molar-refractivity contribution >= 4 is 17.5 Å². The minimum absolute atomic E-state index is 0.0215. The van der Waals surface area contributed by atoms with Crippen LogP contribution in [0.15, 0.2) is 24.3 Å². The lowest BCUT2D eigenvalue weighted by molar-refractivity contribution is -0.136. The molecule has 0 spiro atoms. The highest BCUT2D eigenvalue weighted by molar-refractivity contribution is 6.01. The predicted molar refractivity (Wildman–Crippen MR) is 110 cm³/mol. The van der Waals surface area contributed by atoms with Gasteiger partial charge in [-0.25, -0.2) is 0 Å². The van der Waals surface area contributed by atoms with Gasteiger partial charge in [0, 0.05) is 36.8 Å². The molecule has 0 aliphatic carbocycles. The van der Waals surface area contributed by atoms with Gasteiger partial charge in [-0.2, -0.15) is 10.5 Å². The largest absolute Gasteiger partial charge is 0.326 e. The average molecular weight is 420 g/mol. The van der Waals surface area contributed by atoms with E-state index in [1.54, 1.807) is 4.90 Å². The molecule has 1 aromatic heterocycles. The summed E-state index contributed by atoms with van der Waals surface area (Å²) in [6, 6.07) is 9.44. The number of rotatable bonds is 5. The van der Waals surface area contributed by atoms with Crippen LogP contribution in [-0.4, -0.2) is 80.0 Å². The summed E-state index contributed by atoms with van der Waals surface area (Å²) in [5, 5.41) is 23.2. The number of carbonyl (C=O) groups is 2. The Bertz CT molecular complexity index is 1020. The number of nitrogens with one attached hydrogen (secondary N) is 1. The fraction of sp³-hybridized carbons (Fsp3) is 0.524. The fourth-order valence-electron chi connectivity index (χ4n) is 5.14. The molecule has 1 aromatic carbocycles. The molecule has 3 fully saturated rings. The number of carbonyl (C=O) groups excluding carboxylic acids is 2. The van der Waals surface area contributed by atoms with Crippen LogP contribution in [0.5, 0.6) is 0 Å². The van der Waals surface area contributed by atoms with Gasteiger partial charge in [0.25, 0.3) is 0 Å². The van der Waals surface area contributed by atoms with Crippen LogP contribution in [0.4, 0.5) is 5.69 Å². The number of aromatic amines is 1. The third kappa shape index (κ3) is 3.35. The van der Waals surface area contributed by atoms with Gasteiger partial charge in [-0.1, -0.05) is 6.92 Å². The van der Waals surface area contributed by atoms with Crippen molar-refractivity contribution in [3.05, 3.63) is 24.3 Å². The van der Waals surface area contributed by atoms with Gasteiger partial charge in [0.05, 0.1) is 18.2 Å². The van der Waals surface area contributed by atoms with E-state index < -0.39 is 0 Å². The number of H-pyrrole nitrogens is 1. The van der Waals surface area contributed by atoms with Gasteiger partial charge < -0.3 is 9.80 Å². The Morgan fingerprint density at radius 1 is 1.35 bits per heavy atom. The Hall–Kier alpha value is -3.32. The highest BCUT2D eigenvalue weighted by Gasteiger charge is 2.50. The first-order valence-corrected chi connectivity index (χ1v) is 10.7. The number of amides is 2. The van der Waals surface area contributed by atoms with Crippen LogP contribution in [0.25, 0.3) is 11.4 Å². The van der Waals surface area contributed by atoms with Crippen LogP contribution in [0.1, 0.15) is 26.2 Å². The third-order valence-corrected chi connectivity index (χ3v) is 6.63. The summed E-state index contributed by atoms with van der Waals surface area (Å²) in [5.41, 5.74) is 1.70. The van der Waals surface area contributed by atoms with E-state index in [0.717, 1.165) is 37.1 Å². The molecule has 0 saturated carbocycles. The molecule has 2 amide bonds. The maximum absolute atomic E-state index is 13.1. The zero-order valence-electron chi connectivity index (χ0n) is 17.3. The van der Waals surface area contributed by atoms with E-state index in [1.807, 2.05) is 36.1 Å². The number of nitrogens with zero attached hydrogens (tertiary/aromatic N) is 7. The average Bonchev–Trinajstić information content (AvgIpc) is 3.57. The van der Waals surface area contributed by atoms with Gasteiger partial charge in [-0.3, -0.25) is 14.5 Å². The smallest absolute Gasteiger partial charge is 0.244 e. The summed E-state index contributed by atoms with van der Waals surface area (Å²) < 4.78 is 0. The SMILES string of the molecule is C[C@@H](CN1C[C@H]2C[C@@H]1C(=O)N2c1ccc(-c2nn[nH]n2)cc1)C(=O)N1CCC[C@H]1C#N. The maximum Gasteiger partial charge on any atom is 0.244 e. The minimum atomic E-state index is -0.308. The standard InChI is InChI=1S/C21H24N8O2/c1-13(20(30)28-8-2-3-16(28)10-22)11-27-12-17-9-18(27)21(31)29(17)15-6-4-14(5-7-15)19-23-25-26-24-19/h4-7,13,16-18H,2-3,8-9,11-12H2,1H3,(H,23,24,25,26)/t13-,16-,17+,18+/m0/s1. The Morgan fingerprint density at radius 3 is 2.84 bits per heavy atom. The molecule has 160 valence electrons. The Balaban J connectivity index is 1.23. The number of fused-ring (bicyclic) bond motifs is 2. The Labute approximate surface area is 179 Å². The molecule has 0 radical (unpaired) electrons. The highest BCUT2D eigenvalue weighted by atomic mass is 16.2. The molecule has 10 heteroatoms. The van der Waals surface area contributed by atoms with Crippen LogP contribution in [-0.2, 0) is 9.59 Å². The second-order valence-electron chi connectivity index (χ2n) is 8.57. The molecular formula is C21H24N8O2. The quantitative estimate of drug-likeness (QED) is 0.759. The molecular weight excluding hydrogens is 396 g/mol. The normalized spacial score (nSPS) is 26.5. The first kappa shape index (κ1) is 19.6. The van der Waals surface area contributed by atoms with Gasteiger partial charge >= 0.3 is 0 Å². The van der Waals surface area contributed by atoms with Gasteiger partial charge in [-0.05, 0) is 48.7 Å². The van der Waals surface area contributed by atoms with Crippen LogP contribution >= 0.6 is 0 Å². The molecule has 31 heavy (non-hydrogen) atoms. The van der Waals surface area contributed by atoms with Gasteiger partial charge in [0.1, 0.15) is 6.04 Å². The van der Waals surface area contributed by atoms with Crippen LogP contribution in [0.2, 0.25) is 0 Å². The van der Waals surface area contributed by atoms with Gasteiger partial charge in [-0.15, -0.1) is 10.2 Å². The molecule has 2 bridgehead atoms. The second-order valence-corrected chi connectivity index (χ2v) is 8.57. The van der Waals surface area contributed by atoms with E-state index in [-0.39, 0.29) is 35.9 Å². The Kier molecular flexibility index (Phi) is 4.90. The number of anilines is 1. The predicted octanol–water partition coefficient (Wildman–Crippen LogP) is 0.807. The summed E-state index contributed by atoms with van der Waals surface area (Å²) in [6.45, 7) is 3.85. The van der Waals surface area contributed by atoms with Crippen LogP contribution in [0, 0.1) is 17.2 Å². The number of nitriles is 1. The summed E-state index contributed by atoms with van der Waals surface area (Å²) in [4.78, 5) is 31.7. The molecule has 5 rings (SSSR count). The second kappa shape index (κ2) is 7.74. The summed E-state index contributed by atoms with van der Waals surface area (Å²) in [5.74, 6) is 0.388. The number of tetrazole rings is 1. The zero-order chi connectivity index (χ0) is 21.5. The molecule has 4 heterocycles. The van der Waals surface area contributed by atoms with Crippen LogP contribution in [0.3, 0.4) is 0 Å². The molecule has 2 aromatic rings. The van der Waals surface area contributed by atoms with Crippen molar-refractivity contribution in [1.82, 2.24) is 30.4 Å². The number of hydrogen-bond acceptors (Lipinski definition) is 7. The Morgan fingerprint density at radius 2 is 2.16 bits per heavy atom. The molecule has 3 saturated heterocycles. The highest BCUT2D eigenvalue weighted by Crippen LogP contribution is 2.36. The molecule has 3 aliphatic heterocycles. The van der Waals surface area contributed by atoms with Crippen molar-refractivity contribution < 1.29 is 9.59 Å². The van der Waals surface area contributed by atoms with E-state index in [4.69, 9.17) is 0 Å². The lowest BCUT2D eigenvalue weighted by Crippen LogP contribution is -2.52. The number of benzene rings is 1. The molecule has 3 aliphatic rings. The van der Waals surface area contributed by atoms with Gasteiger partial charge in [0.15, 0.2) is 0 Å². The first-order valence-electron chi connectivity index (χ1n) is 10.7. The van der Waals surface area contributed by atoms with Crippen LogP contribution < -0.4 is 4.90 Å².